The highest BCUT2D eigenvalue weighted by Crippen LogP contribution is 2.29. The van der Waals surface area contributed by atoms with Gasteiger partial charge in [0.05, 0.1) is 12.7 Å². The van der Waals surface area contributed by atoms with Crippen LogP contribution < -0.4 is 10.1 Å². The van der Waals surface area contributed by atoms with Crippen molar-refractivity contribution in [2.45, 2.75) is 108 Å². The van der Waals surface area contributed by atoms with E-state index >= 15 is 0 Å². The van der Waals surface area contributed by atoms with Gasteiger partial charge in [-0.1, -0.05) is 65.7 Å². The molecule has 0 saturated carbocycles. The van der Waals surface area contributed by atoms with Crippen molar-refractivity contribution in [1.29, 1.82) is 10.8 Å². The molecule has 242 valence electrons. The summed E-state index contributed by atoms with van der Waals surface area (Å²) >= 11 is 0. The van der Waals surface area contributed by atoms with Gasteiger partial charge in [0.25, 0.3) is 11.8 Å². The van der Waals surface area contributed by atoms with Crippen LogP contribution in [-0.2, 0) is 17.8 Å². The number of hydrogen-bond acceptors (Lipinski definition) is 6. The molecule has 0 spiro atoms. The maximum atomic E-state index is 12.9. The minimum Gasteiger partial charge on any atom is -0.496 e. The van der Waals surface area contributed by atoms with E-state index in [0.717, 1.165) is 22.6 Å². The maximum Gasteiger partial charge on any atom is 0.259 e. The van der Waals surface area contributed by atoms with Crippen molar-refractivity contribution in [2.75, 3.05) is 13.7 Å². The number of unbranched alkanes of at least 4 members (excludes halogenated alkanes) is 1. The zero-order valence-corrected chi connectivity index (χ0v) is 28.8. The van der Waals surface area contributed by atoms with Crippen LogP contribution in [0.3, 0.4) is 0 Å². The second-order valence-electron chi connectivity index (χ2n) is 11.4. The molecule has 1 aliphatic rings. The van der Waals surface area contributed by atoms with Crippen LogP contribution in [0.15, 0.2) is 47.7 Å². The largest absolute Gasteiger partial charge is 0.496 e. The highest BCUT2D eigenvalue weighted by Gasteiger charge is 2.32. The summed E-state index contributed by atoms with van der Waals surface area (Å²) in [4.78, 5) is 27.0. The molecule has 0 fully saturated rings. The zero-order chi connectivity index (χ0) is 33.8. The molecule has 1 heterocycles. The quantitative estimate of drug-likeness (QED) is 0.181. The van der Waals surface area contributed by atoms with Gasteiger partial charge in [-0.15, -0.1) is 0 Å². The number of ether oxygens (including phenoxy) is 1. The minimum atomic E-state index is -1.44. The topological polar surface area (TPSA) is 127 Å². The van der Waals surface area contributed by atoms with Gasteiger partial charge in [0, 0.05) is 24.5 Å². The molecule has 0 aliphatic carbocycles. The second kappa shape index (κ2) is 22.1. The van der Waals surface area contributed by atoms with E-state index < -0.39 is 5.60 Å². The van der Waals surface area contributed by atoms with Gasteiger partial charge >= 0.3 is 0 Å². The first-order valence-electron chi connectivity index (χ1n) is 15.1. The van der Waals surface area contributed by atoms with Crippen molar-refractivity contribution in [1.82, 2.24) is 10.2 Å². The Labute approximate surface area is 261 Å². The summed E-state index contributed by atoms with van der Waals surface area (Å²) in [6, 6.07) is 3.60. The summed E-state index contributed by atoms with van der Waals surface area (Å²) in [5.41, 5.74) is 2.74. The third-order valence-corrected chi connectivity index (χ3v) is 5.77. The van der Waals surface area contributed by atoms with Crippen LogP contribution in [-0.4, -0.2) is 53.0 Å². The van der Waals surface area contributed by atoms with Crippen LogP contribution in [0.4, 0.5) is 0 Å². The average molecular weight is 599 g/mol. The third kappa shape index (κ3) is 17.3. The molecule has 0 atom stereocenters. The van der Waals surface area contributed by atoms with Crippen molar-refractivity contribution < 1.29 is 19.4 Å². The number of fused-ring (bicyclic) bond motifs is 1. The van der Waals surface area contributed by atoms with E-state index in [1.54, 1.807) is 43.9 Å². The van der Waals surface area contributed by atoms with E-state index in [2.05, 4.69) is 39.9 Å². The number of nitrogens with zero attached hydrogens (tertiary/aromatic N) is 1. The van der Waals surface area contributed by atoms with Crippen molar-refractivity contribution in [3.8, 4) is 5.75 Å². The average Bonchev–Trinajstić information content (AvgIpc) is 2.93. The maximum absolute atomic E-state index is 12.9. The SMILES string of the molecule is CC(C)C.CC=N.CCCC.C\C=C(/C=C\C=C(/C)NC(=O)c1cc2c(cc1OC)CCN(C(=O)C(C)(C)O)C2)C(C)=N. The fourth-order valence-corrected chi connectivity index (χ4v) is 3.52. The molecule has 0 radical (unpaired) electrons. The Morgan fingerprint density at radius 1 is 1.12 bits per heavy atom. The zero-order valence-electron chi connectivity index (χ0n) is 28.8. The summed E-state index contributed by atoms with van der Waals surface area (Å²) in [5, 5.41) is 26.7. The predicted molar refractivity (Wildman–Crippen MR) is 181 cm³/mol. The third-order valence-electron chi connectivity index (χ3n) is 5.77. The highest BCUT2D eigenvalue weighted by molar-refractivity contribution is 5.99. The molecule has 43 heavy (non-hydrogen) atoms. The number of hydrogen-bond donors (Lipinski definition) is 4. The summed E-state index contributed by atoms with van der Waals surface area (Å²) in [6.45, 7) is 21.7. The minimum absolute atomic E-state index is 0.313. The fraction of sp³-hybridized carbons (Fsp3) is 0.543. The first-order valence-corrected chi connectivity index (χ1v) is 15.1. The molecule has 1 aromatic rings. The number of nitrogens with one attached hydrogen (secondary N) is 3. The molecule has 0 bridgehead atoms. The summed E-state index contributed by atoms with van der Waals surface area (Å²) in [5.74, 6) is 0.658. The molecule has 2 rings (SSSR count). The number of rotatable bonds is 8. The van der Waals surface area contributed by atoms with Crippen LogP contribution in [0.1, 0.15) is 110 Å². The van der Waals surface area contributed by atoms with Gasteiger partial charge in [0.15, 0.2) is 0 Å². The van der Waals surface area contributed by atoms with Crippen molar-refractivity contribution in [2.24, 2.45) is 5.92 Å². The Kier molecular flexibility index (Phi) is 21.4. The van der Waals surface area contributed by atoms with E-state index in [-0.39, 0.29) is 11.8 Å². The van der Waals surface area contributed by atoms with Crippen LogP contribution in [0.2, 0.25) is 0 Å². The van der Waals surface area contributed by atoms with E-state index in [1.807, 2.05) is 25.1 Å². The Hall–Kier alpha value is -3.52. The number of benzene rings is 1. The summed E-state index contributed by atoms with van der Waals surface area (Å²) in [6.07, 6.45) is 11.7. The summed E-state index contributed by atoms with van der Waals surface area (Å²) in [7, 11) is 1.52. The summed E-state index contributed by atoms with van der Waals surface area (Å²) < 4.78 is 5.45. The number of carbonyl (C=O) groups is 2. The smallest absolute Gasteiger partial charge is 0.259 e. The van der Waals surface area contributed by atoms with Crippen molar-refractivity contribution in [3.63, 3.8) is 0 Å². The lowest BCUT2D eigenvalue weighted by atomic mass is 9.95. The molecule has 1 aromatic carbocycles. The van der Waals surface area contributed by atoms with Gasteiger partial charge in [0.1, 0.15) is 11.4 Å². The van der Waals surface area contributed by atoms with Gasteiger partial charge in [-0.2, -0.15) is 0 Å². The van der Waals surface area contributed by atoms with Crippen LogP contribution in [0, 0.1) is 16.7 Å². The number of aliphatic hydroxyl groups is 1. The van der Waals surface area contributed by atoms with Crippen molar-refractivity contribution in [3.05, 3.63) is 64.4 Å². The first-order chi connectivity index (χ1) is 20.0. The number of amides is 2. The second-order valence-corrected chi connectivity index (χ2v) is 11.4. The van der Waals surface area contributed by atoms with Gasteiger partial charge in [-0.3, -0.25) is 9.59 Å². The molecule has 4 N–H and O–H groups in total. The normalized spacial score (nSPS) is 12.9. The molecule has 0 aromatic heterocycles. The van der Waals surface area contributed by atoms with E-state index in [0.29, 0.717) is 42.2 Å². The lowest BCUT2D eigenvalue weighted by Gasteiger charge is -2.33. The molecule has 8 heteroatoms. The Bertz CT molecular complexity index is 1120. The molecule has 2 amide bonds. The van der Waals surface area contributed by atoms with E-state index in [1.165, 1.54) is 40.0 Å². The lowest BCUT2D eigenvalue weighted by molar-refractivity contribution is -0.148. The van der Waals surface area contributed by atoms with E-state index in [4.69, 9.17) is 15.6 Å². The van der Waals surface area contributed by atoms with Crippen LogP contribution in [0.5, 0.6) is 5.75 Å². The standard InChI is InChI=1S/C25H33N3O4.2C4H10.C2H5N/c1-7-18(17(3)26)10-8-9-16(2)27-23(29)21-13-20-15-28(24(30)25(4,5)31)12-11-19(20)14-22(21)32-6;1-4(2)3;1-3-4-2;1-2-3/h7-10,13-14,26,31H,11-12,15H2,1-6H3,(H,27,29);4H,1-3H3;3-4H2,1-2H3;2-3H,1H3/b10-8-,16-9+,18-7+,26-17?;;;. The molecule has 1 aliphatic heterocycles. The van der Waals surface area contributed by atoms with Crippen LogP contribution >= 0.6 is 0 Å². The van der Waals surface area contributed by atoms with E-state index in [9.17, 15) is 14.7 Å². The molecular formula is C35H58N4O4. The van der Waals surface area contributed by atoms with Gasteiger partial charge < -0.3 is 30.9 Å². The van der Waals surface area contributed by atoms with Gasteiger partial charge in [0.2, 0.25) is 0 Å². The lowest BCUT2D eigenvalue weighted by Crippen LogP contribution is -2.47. The predicted octanol–water partition coefficient (Wildman–Crippen LogP) is 7.65. The number of allylic oxidation sites excluding steroid dienone is 6. The highest BCUT2D eigenvalue weighted by atomic mass is 16.5. The molecule has 0 unspecified atom stereocenters. The number of carbonyl (C=O) groups excluding carboxylic acids is 2. The monoisotopic (exact) mass is 598 g/mol. The Morgan fingerprint density at radius 2 is 1.65 bits per heavy atom. The Morgan fingerprint density at radius 3 is 2.07 bits per heavy atom. The fourth-order valence-electron chi connectivity index (χ4n) is 3.52. The van der Waals surface area contributed by atoms with Crippen LogP contribution in [0.25, 0.3) is 0 Å². The van der Waals surface area contributed by atoms with Gasteiger partial charge in [-0.05, 0) is 95.0 Å². The molecule has 0 saturated heterocycles. The Balaban J connectivity index is 0. The number of methoxy groups -OCH3 is 1. The van der Waals surface area contributed by atoms with Crippen molar-refractivity contribution >= 4 is 23.7 Å². The molecule has 8 nitrogen and oxygen atoms in total. The first kappa shape index (κ1) is 41.6. The molecular weight excluding hydrogens is 540 g/mol. The van der Waals surface area contributed by atoms with Gasteiger partial charge in [-0.25, -0.2) is 0 Å².